The van der Waals surface area contributed by atoms with Crippen LogP contribution in [0.4, 0.5) is 5.82 Å². The van der Waals surface area contributed by atoms with Crippen molar-refractivity contribution in [1.82, 2.24) is 14.7 Å². The summed E-state index contributed by atoms with van der Waals surface area (Å²) in [5.41, 5.74) is 0.482. The first-order chi connectivity index (χ1) is 10.8. The topological polar surface area (TPSA) is 90.0 Å². The maximum atomic E-state index is 12.4. The molecule has 23 heavy (non-hydrogen) atoms. The smallest absolute Gasteiger partial charge is 0.254 e. The Hall–Kier alpha value is -2.09. The number of aromatic nitrogens is 3. The van der Waals surface area contributed by atoms with E-state index in [1.54, 1.807) is 16.7 Å². The second-order valence-electron chi connectivity index (χ2n) is 6.48. The first-order valence-corrected chi connectivity index (χ1v) is 8.30. The maximum Gasteiger partial charge on any atom is 0.254 e. The number of nitrogens with zero attached hydrogens (tertiary/aromatic N) is 3. The molecule has 0 aromatic carbocycles. The van der Waals surface area contributed by atoms with E-state index in [0.717, 1.165) is 5.69 Å². The van der Waals surface area contributed by atoms with Gasteiger partial charge in [0.2, 0.25) is 5.91 Å². The minimum Gasteiger partial charge on any atom is -0.363 e. The van der Waals surface area contributed by atoms with Gasteiger partial charge in [-0.3, -0.25) is 14.2 Å². The zero-order valence-electron chi connectivity index (χ0n) is 13.2. The number of nitrogens with one attached hydrogen (secondary N) is 1. The minimum atomic E-state index is -0.204. The van der Waals surface area contributed by atoms with E-state index in [9.17, 15) is 9.59 Å². The number of thioether (sulfide) groups is 1. The second kappa shape index (κ2) is 5.84. The van der Waals surface area contributed by atoms with Gasteiger partial charge in [-0.2, -0.15) is 0 Å². The average molecular weight is 334 g/mol. The van der Waals surface area contributed by atoms with Gasteiger partial charge >= 0.3 is 0 Å². The molecule has 0 saturated carbocycles. The van der Waals surface area contributed by atoms with Gasteiger partial charge < -0.3 is 9.84 Å². The molecule has 1 atom stereocenters. The van der Waals surface area contributed by atoms with Gasteiger partial charge in [0.15, 0.2) is 11.0 Å². The Morgan fingerprint density at radius 1 is 1.52 bits per heavy atom. The van der Waals surface area contributed by atoms with Crippen LogP contribution in [0.3, 0.4) is 0 Å². The predicted octanol–water partition coefficient (Wildman–Crippen LogP) is 2.20. The Morgan fingerprint density at radius 3 is 2.96 bits per heavy atom. The SMILES string of the molecule is CC(C)(C)c1cc(=O)n2c(n1)SCC2CC(=O)Nc1ccon1. The van der Waals surface area contributed by atoms with Gasteiger partial charge in [0.1, 0.15) is 6.26 Å². The number of fused-ring (bicyclic) bond motifs is 1. The average Bonchev–Trinajstić information content (AvgIpc) is 3.08. The van der Waals surface area contributed by atoms with Gasteiger partial charge in [0.25, 0.3) is 5.56 Å². The summed E-state index contributed by atoms with van der Waals surface area (Å²) in [4.78, 5) is 29.1. The van der Waals surface area contributed by atoms with Crippen LogP contribution in [-0.2, 0) is 10.2 Å². The van der Waals surface area contributed by atoms with Crippen molar-refractivity contribution < 1.29 is 9.32 Å². The van der Waals surface area contributed by atoms with Crippen LogP contribution >= 0.6 is 11.8 Å². The Labute approximate surface area is 137 Å². The van der Waals surface area contributed by atoms with Gasteiger partial charge in [-0.1, -0.05) is 37.7 Å². The zero-order chi connectivity index (χ0) is 16.6. The molecule has 0 aliphatic carbocycles. The van der Waals surface area contributed by atoms with Crippen molar-refractivity contribution in [3.05, 3.63) is 34.4 Å². The Kier molecular flexibility index (Phi) is 4.01. The number of hydrogen-bond acceptors (Lipinski definition) is 6. The van der Waals surface area contributed by atoms with Crippen molar-refractivity contribution in [3.63, 3.8) is 0 Å². The van der Waals surface area contributed by atoms with E-state index in [2.05, 4.69) is 20.0 Å². The lowest BCUT2D eigenvalue weighted by molar-refractivity contribution is -0.116. The molecule has 8 heteroatoms. The predicted molar refractivity (Wildman–Crippen MR) is 86.7 cm³/mol. The van der Waals surface area contributed by atoms with Crippen LogP contribution in [0.5, 0.6) is 0 Å². The first-order valence-electron chi connectivity index (χ1n) is 7.31. The Bertz CT molecular complexity index is 777. The van der Waals surface area contributed by atoms with Crippen LogP contribution in [0.2, 0.25) is 0 Å². The lowest BCUT2D eigenvalue weighted by Gasteiger charge is -2.19. The first kappa shape index (κ1) is 15.8. The molecule has 1 unspecified atom stereocenters. The molecule has 0 bridgehead atoms. The normalized spacial score (nSPS) is 17.1. The number of amides is 1. The van der Waals surface area contributed by atoms with Crippen molar-refractivity contribution in [2.75, 3.05) is 11.1 Å². The number of carbonyl (C=O) groups excluding carboxylic acids is 1. The van der Waals surface area contributed by atoms with E-state index in [1.807, 2.05) is 20.8 Å². The molecule has 2 aromatic heterocycles. The van der Waals surface area contributed by atoms with Crippen LogP contribution < -0.4 is 10.9 Å². The number of rotatable bonds is 3. The summed E-state index contributed by atoms with van der Waals surface area (Å²) in [7, 11) is 0. The summed E-state index contributed by atoms with van der Waals surface area (Å²) in [5.74, 6) is 0.820. The molecular weight excluding hydrogens is 316 g/mol. The fourth-order valence-corrected chi connectivity index (χ4v) is 3.52. The van der Waals surface area contributed by atoms with Crippen molar-refractivity contribution in [2.24, 2.45) is 0 Å². The molecule has 0 radical (unpaired) electrons. The summed E-state index contributed by atoms with van der Waals surface area (Å²) >= 11 is 1.51. The Morgan fingerprint density at radius 2 is 2.30 bits per heavy atom. The van der Waals surface area contributed by atoms with Gasteiger partial charge in [-0.05, 0) is 0 Å². The second-order valence-corrected chi connectivity index (χ2v) is 7.47. The highest BCUT2D eigenvalue weighted by Crippen LogP contribution is 2.33. The van der Waals surface area contributed by atoms with E-state index in [-0.39, 0.29) is 29.3 Å². The lowest BCUT2D eigenvalue weighted by atomic mass is 9.92. The van der Waals surface area contributed by atoms with Crippen LogP contribution in [-0.4, -0.2) is 26.4 Å². The molecule has 0 saturated heterocycles. The van der Waals surface area contributed by atoms with E-state index in [0.29, 0.717) is 16.7 Å². The highest BCUT2D eigenvalue weighted by Gasteiger charge is 2.29. The highest BCUT2D eigenvalue weighted by atomic mass is 32.2. The van der Waals surface area contributed by atoms with Crippen LogP contribution in [0, 0.1) is 0 Å². The molecule has 3 heterocycles. The summed E-state index contributed by atoms with van der Waals surface area (Å²) in [5, 5.41) is 6.97. The fraction of sp³-hybridized carbons (Fsp3) is 0.467. The number of anilines is 1. The zero-order valence-corrected chi connectivity index (χ0v) is 14.0. The van der Waals surface area contributed by atoms with E-state index in [4.69, 9.17) is 0 Å². The van der Waals surface area contributed by atoms with Crippen molar-refractivity contribution in [1.29, 1.82) is 0 Å². The summed E-state index contributed by atoms with van der Waals surface area (Å²) < 4.78 is 6.29. The molecule has 0 spiro atoms. The van der Waals surface area contributed by atoms with Gasteiger partial charge in [-0.25, -0.2) is 4.98 Å². The molecule has 122 valence electrons. The summed E-state index contributed by atoms with van der Waals surface area (Å²) in [6.45, 7) is 6.07. The van der Waals surface area contributed by atoms with E-state index >= 15 is 0 Å². The molecule has 1 aliphatic rings. The largest absolute Gasteiger partial charge is 0.363 e. The van der Waals surface area contributed by atoms with Crippen LogP contribution in [0.15, 0.2) is 32.9 Å². The van der Waals surface area contributed by atoms with E-state index < -0.39 is 0 Å². The molecular formula is C15H18N4O3S. The third-order valence-corrected chi connectivity index (χ3v) is 4.68. The van der Waals surface area contributed by atoms with Gasteiger partial charge in [0, 0.05) is 29.7 Å². The maximum absolute atomic E-state index is 12.4. The minimum absolute atomic E-state index is 0.107. The molecule has 7 nitrogen and oxygen atoms in total. The Balaban J connectivity index is 1.79. The van der Waals surface area contributed by atoms with Crippen molar-refractivity contribution >= 4 is 23.5 Å². The monoisotopic (exact) mass is 334 g/mol. The molecule has 1 aliphatic heterocycles. The van der Waals surface area contributed by atoms with Crippen LogP contribution in [0.25, 0.3) is 0 Å². The molecule has 0 fully saturated rings. The van der Waals surface area contributed by atoms with Crippen molar-refractivity contribution in [3.8, 4) is 0 Å². The molecule has 2 aromatic rings. The summed E-state index contributed by atoms with van der Waals surface area (Å²) in [6.07, 6.45) is 1.59. The third kappa shape index (κ3) is 3.31. The number of carbonyl (C=O) groups is 1. The van der Waals surface area contributed by atoms with Gasteiger partial charge in [-0.15, -0.1) is 0 Å². The molecule has 1 amide bonds. The molecule has 3 rings (SSSR count). The standard InChI is InChI=1S/C15H18N4O3S/c1-15(2,3)10-7-13(21)19-9(8-23-14(19)16-10)6-12(20)17-11-4-5-22-18-11/h4-5,7,9H,6,8H2,1-3H3,(H,17,18,20). The van der Waals surface area contributed by atoms with E-state index in [1.165, 1.54) is 18.0 Å². The summed E-state index contributed by atoms with van der Waals surface area (Å²) in [6, 6.07) is 2.94. The third-order valence-electron chi connectivity index (χ3n) is 3.58. The molecule has 1 N–H and O–H groups in total. The number of hydrogen-bond donors (Lipinski definition) is 1. The lowest BCUT2D eigenvalue weighted by Crippen LogP contribution is -2.29. The van der Waals surface area contributed by atoms with Crippen LogP contribution in [0.1, 0.15) is 38.9 Å². The fourth-order valence-electron chi connectivity index (χ4n) is 2.37. The highest BCUT2D eigenvalue weighted by molar-refractivity contribution is 7.99. The quantitative estimate of drug-likeness (QED) is 0.866. The van der Waals surface area contributed by atoms with Gasteiger partial charge in [0.05, 0.1) is 11.7 Å². The van der Waals surface area contributed by atoms with Crippen molar-refractivity contribution in [2.45, 2.75) is 43.8 Å².